The molecule has 7 heteroatoms. The van der Waals surface area contributed by atoms with Crippen molar-refractivity contribution in [2.75, 3.05) is 44.2 Å². The number of carbonyl (C=O) groups excluding carboxylic acids is 1. The molecule has 1 fully saturated rings. The Balaban J connectivity index is 1.36. The zero-order valence-electron chi connectivity index (χ0n) is 15.9. The summed E-state index contributed by atoms with van der Waals surface area (Å²) in [5, 5.41) is 2.86. The summed E-state index contributed by atoms with van der Waals surface area (Å²) >= 11 is 0. The number of benzene rings is 2. The number of hydrogen-bond acceptors (Lipinski definition) is 4. The standard InChI is InChI=1S/C21H25F2N3O2/c1-16(28-20-4-2-3-18(23)15-20)21(27)24-9-10-25-11-13-26(14-12-25)19-7-5-17(22)6-8-19/h2-8,15-16H,9-14H2,1H3,(H,24,27). The molecule has 28 heavy (non-hydrogen) atoms. The topological polar surface area (TPSA) is 44.8 Å². The van der Waals surface area contributed by atoms with Gasteiger partial charge < -0.3 is 15.0 Å². The van der Waals surface area contributed by atoms with Crippen molar-refractivity contribution in [3.63, 3.8) is 0 Å². The van der Waals surface area contributed by atoms with E-state index in [0.29, 0.717) is 12.3 Å². The number of carbonyl (C=O) groups is 1. The van der Waals surface area contributed by atoms with Crippen LogP contribution in [0.15, 0.2) is 48.5 Å². The molecule has 1 aliphatic rings. The highest BCUT2D eigenvalue weighted by Crippen LogP contribution is 2.17. The number of hydrogen-bond donors (Lipinski definition) is 1. The molecule has 0 bridgehead atoms. The Morgan fingerprint density at radius 1 is 1.07 bits per heavy atom. The highest BCUT2D eigenvalue weighted by molar-refractivity contribution is 5.80. The fraction of sp³-hybridized carbons (Fsp3) is 0.381. The van der Waals surface area contributed by atoms with Crippen LogP contribution in [0.25, 0.3) is 0 Å². The molecule has 0 saturated carbocycles. The summed E-state index contributed by atoms with van der Waals surface area (Å²) in [7, 11) is 0. The molecule has 0 radical (unpaired) electrons. The van der Waals surface area contributed by atoms with Crippen LogP contribution in [0, 0.1) is 11.6 Å². The molecule has 1 N–H and O–H groups in total. The van der Waals surface area contributed by atoms with Crippen molar-refractivity contribution in [1.82, 2.24) is 10.2 Å². The molecule has 0 spiro atoms. The summed E-state index contributed by atoms with van der Waals surface area (Å²) in [6.07, 6.45) is -0.697. The van der Waals surface area contributed by atoms with Crippen LogP contribution in [0.3, 0.4) is 0 Å². The van der Waals surface area contributed by atoms with Crippen molar-refractivity contribution < 1.29 is 18.3 Å². The Bertz CT molecular complexity index is 777. The molecule has 2 aromatic carbocycles. The summed E-state index contributed by atoms with van der Waals surface area (Å²) < 4.78 is 31.7. The fourth-order valence-corrected chi connectivity index (χ4v) is 3.16. The first kappa shape index (κ1) is 20.1. The third kappa shape index (κ3) is 5.66. The Labute approximate surface area is 163 Å². The molecule has 2 aromatic rings. The fourth-order valence-electron chi connectivity index (χ4n) is 3.16. The van der Waals surface area contributed by atoms with Gasteiger partial charge in [0.2, 0.25) is 0 Å². The Morgan fingerprint density at radius 2 is 1.79 bits per heavy atom. The lowest BCUT2D eigenvalue weighted by atomic mass is 10.2. The van der Waals surface area contributed by atoms with Crippen LogP contribution in [0.5, 0.6) is 5.75 Å². The van der Waals surface area contributed by atoms with Crippen LogP contribution in [-0.4, -0.2) is 56.2 Å². The minimum Gasteiger partial charge on any atom is -0.481 e. The van der Waals surface area contributed by atoms with E-state index in [9.17, 15) is 13.6 Å². The highest BCUT2D eigenvalue weighted by atomic mass is 19.1. The monoisotopic (exact) mass is 389 g/mol. The van der Waals surface area contributed by atoms with Gasteiger partial charge in [0.05, 0.1) is 0 Å². The number of amides is 1. The minimum absolute atomic E-state index is 0.228. The van der Waals surface area contributed by atoms with Crippen LogP contribution in [0.4, 0.5) is 14.5 Å². The van der Waals surface area contributed by atoms with E-state index in [2.05, 4.69) is 15.1 Å². The summed E-state index contributed by atoms with van der Waals surface area (Å²) in [5.41, 5.74) is 1.03. The maximum Gasteiger partial charge on any atom is 0.260 e. The summed E-state index contributed by atoms with van der Waals surface area (Å²) in [6, 6.07) is 12.3. The van der Waals surface area contributed by atoms with Crippen molar-refractivity contribution in [1.29, 1.82) is 0 Å². The summed E-state index contributed by atoms with van der Waals surface area (Å²) in [6.45, 7) is 6.38. The van der Waals surface area contributed by atoms with Gasteiger partial charge in [-0.15, -0.1) is 0 Å². The van der Waals surface area contributed by atoms with Crippen LogP contribution in [0.1, 0.15) is 6.92 Å². The Hall–Kier alpha value is -2.67. The number of piperazine rings is 1. The smallest absolute Gasteiger partial charge is 0.260 e. The molecule has 1 amide bonds. The lowest BCUT2D eigenvalue weighted by Crippen LogP contribution is -2.49. The number of nitrogens with one attached hydrogen (secondary N) is 1. The quantitative estimate of drug-likeness (QED) is 0.791. The average molecular weight is 389 g/mol. The zero-order chi connectivity index (χ0) is 19.9. The van der Waals surface area contributed by atoms with E-state index in [0.717, 1.165) is 38.4 Å². The molecular weight excluding hydrogens is 364 g/mol. The van der Waals surface area contributed by atoms with Gasteiger partial charge in [-0.1, -0.05) is 6.07 Å². The van der Waals surface area contributed by atoms with Crippen LogP contribution in [-0.2, 0) is 4.79 Å². The highest BCUT2D eigenvalue weighted by Gasteiger charge is 2.18. The van der Waals surface area contributed by atoms with E-state index in [1.807, 2.05) is 0 Å². The molecule has 150 valence electrons. The van der Waals surface area contributed by atoms with Crippen LogP contribution < -0.4 is 15.0 Å². The minimum atomic E-state index is -0.697. The van der Waals surface area contributed by atoms with Crippen LogP contribution >= 0.6 is 0 Å². The number of halogens is 2. The van der Waals surface area contributed by atoms with Crippen molar-refractivity contribution in [3.05, 3.63) is 60.2 Å². The van der Waals surface area contributed by atoms with E-state index in [1.54, 1.807) is 31.2 Å². The predicted molar refractivity (Wildman–Crippen MR) is 105 cm³/mol. The number of rotatable bonds is 7. The zero-order valence-corrected chi connectivity index (χ0v) is 15.9. The lowest BCUT2D eigenvalue weighted by Gasteiger charge is -2.36. The van der Waals surface area contributed by atoms with E-state index in [4.69, 9.17) is 4.74 Å². The first-order valence-electron chi connectivity index (χ1n) is 9.44. The first-order chi connectivity index (χ1) is 13.5. The van der Waals surface area contributed by atoms with Gasteiger partial charge in [-0.2, -0.15) is 0 Å². The molecule has 1 aliphatic heterocycles. The predicted octanol–water partition coefficient (Wildman–Crippen LogP) is 2.67. The molecular formula is C21H25F2N3O2. The van der Waals surface area contributed by atoms with Gasteiger partial charge in [0.15, 0.2) is 6.10 Å². The average Bonchev–Trinajstić information content (AvgIpc) is 2.69. The first-order valence-corrected chi connectivity index (χ1v) is 9.44. The van der Waals surface area contributed by atoms with Gasteiger partial charge in [0, 0.05) is 51.0 Å². The van der Waals surface area contributed by atoms with Gasteiger partial charge in [-0.3, -0.25) is 9.69 Å². The molecule has 1 heterocycles. The number of anilines is 1. The van der Waals surface area contributed by atoms with Gasteiger partial charge in [0.1, 0.15) is 17.4 Å². The van der Waals surface area contributed by atoms with E-state index in [-0.39, 0.29) is 11.7 Å². The van der Waals surface area contributed by atoms with Gasteiger partial charge in [0.25, 0.3) is 5.91 Å². The molecule has 0 aromatic heterocycles. The molecule has 0 aliphatic carbocycles. The second-order valence-electron chi connectivity index (χ2n) is 6.81. The largest absolute Gasteiger partial charge is 0.481 e. The third-order valence-corrected chi connectivity index (χ3v) is 4.77. The van der Waals surface area contributed by atoms with Gasteiger partial charge in [-0.05, 0) is 43.3 Å². The number of nitrogens with zero attached hydrogens (tertiary/aromatic N) is 2. The third-order valence-electron chi connectivity index (χ3n) is 4.77. The molecule has 5 nitrogen and oxygen atoms in total. The van der Waals surface area contributed by atoms with Crippen molar-refractivity contribution in [3.8, 4) is 5.75 Å². The molecule has 1 saturated heterocycles. The van der Waals surface area contributed by atoms with E-state index < -0.39 is 11.9 Å². The van der Waals surface area contributed by atoms with Crippen LogP contribution in [0.2, 0.25) is 0 Å². The second kappa shape index (κ2) is 9.50. The van der Waals surface area contributed by atoms with E-state index in [1.165, 1.54) is 24.3 Å². The van der Waals surface area contributed by atoms with Crippen molar-refractivity contribution in [2.45, 2.75) is 13.0 Å². The second-order valence-corrected chi connectivity index (χ2v) is 6.81. The number of ether oxygens (including phenoxy) is 1. The van der Waals surface area contributed by atoms with E-state index >= 15 is 0 Å². The summed E-state index contributed by atoms with van der Waals surface area (Å²) in [4.78, 5) is 16.7. The lowest BCUT2D eigenvalue weighted by molar-refractivity contribution is -0.127. The normalized spacial score (nSPS) is 15.9. The maximum atomic E-state index is 13.2. The maximum absolute atomic E-state index is 13.2. The van der Waals surface area contributed by atoms with Crippen molar-refractivity contribution in [2.24, 2.45) is 0 Å². The summed E-state index contributed by atoms with van der Waals surface area (Å²) in [5.74, 6) is -0.521. The molecule has 1 unspecified atom stereocenters. The SMILES string of the molecule is CC(Oc1cccc(F)c1)C(=O)NCCN1CCN(c2ccc(F)cc2)CC1. The Kier molecular flexibility index (Phi) is 6.81. The molecule has 3 rings (SSSR count). The van der Waals surface area contributed by atoms with Gasteiger partial charge in [-0.25, -0.2) is 8.78 Å². The van der Waals surface area contributed by atoms with Gasteiger partial charge >= 0.3 is 0 Å². The Morgan fingerprint density at radius 3 is 2.46 bits per heavy atom. The van der Waals surface area contributed by atoms with Crippen molar-refractivity contribution >= 4 is 11.6 Å². The molecule has 1 atom stereocenters.